The van der Waals surface area contributed by atoms with Crippen LogP contribution in [0.25, 0.3) is 5.69 Å². The van der Waals surface area contributed by atoms with E-state index in [1.54, 1.807) is 7.11 Å². The molecule has 4 nitrogen and oxygen atoms in total. The molecular formula is C21H23N3O. The summed E-state index contributed by atoms with van der Waals surface area (Å²) in [5.74, 6) is 0.934. The molecule has 128 valence electrons. The number of rotatable bonds is 5. The van der Waals surface area contributed by atoms with Crippen molar-refractivity contribution in [2.75, 3.05) is 13.7 Å². The van der Waals surface area contributed by atoms with Gasteiger partial charge in [0.1, 0.15) is 5.75 Å². The lowest BCUT2D eigenvalue weighted by atomic mass is 9.93. The monoisotopic (exact) mass is 333 g/mol. The van der Waals surface area contributed by atoms with Crippen LogP contribution < -0.4 is 4.74 Å². The van der Waals surface area contributed by atoms with Crippen molar-refractivity contribution in [3.8, 4) is 11.4 Å². The van der Waals surface area contributed by atoms with Crippen molar-refractivity contribution >= 4 is 0 Å². The summed E-state index contributed by atoms with van der Waals surface area (Å²) in [6.45, 7) is 4.30. The van der Waals surface area contributed by atoms with Crippen LogP contribution in [0.1, 0.15) is 29.2 Å². The summed E-state index contributed by atoms with van der Waals surface area (Å²) in [5.41, 5.74) is 5.14. The van der Waals surface area contributed by atoms with Gasteiger partial charge >= 0.3 is 0 Å². The first-order valence-electron chi connectivity index (χ1n) is 8.72. The molecule has 0 unspecified atom stereocenters. The second kappa shape index (κ2) is 6.73. The fraction of sp³-hybridized carbons (Fsp3) is 0.286. The van der Waals surface area contributed by atoms with E-state index in [2.05, 4.69) is 53.3 Å². The Kier molecular flexibility index (Phi) is 4.28. The van der Waals surface area contributed by atoms with Crippen molar-refractivity contribution in [3.05, 3.63) is 77.6 Å². The minimum Gasteiger partial charge on any atom is -0.497 e. The van der Waals surface area contributed by atoms with Crippen LogP contribution in [0.3, 0.4) is 0 Å². The van der Waals surface area contributed by atoms with E-state index in [1.165, 1.54) is 23.1 Å². The predicted octanol–water partition coefficient (Wildman–Crippen LogP) is 4.14. The smallest absolute Gasteiger partial charge is 0.119 e. The van der Waals surface area contributed by atoms with E-state index in [-0.39, 0.29) is 0 Å². The zero-order valence-electron chi connectivity index (χ0n) is 14.7. The number of methoxy groups -OCH3 is 1. The number of likely N-dealkylation sites (tertiary alicyclic amines) is 1. The minimum absolute atomic E-state index is 0.486. The van der Waals surface area contributed by atoms with E-state index >= 15 is 0 Å². The third-order valence-corrected chi connectivity index (χ3v) is 5.08. The van der Waals surface area contributed by atoms with Crippen molar-refractivity contribution in [1.82, 2.24) is 14.7 Å². The Morgan fingerprint density at radius 2 is 2.08 bits per heavy atom. The van der Waals surface area contributed by atoms with Gasteiger partial charge in [0.05, 0.1) is 12.8 Å². The van der Waals surface area contributed by atoms with Gasteiger partial charge in [0, 0.05) is 31.5 Å². The highest BCUT2D eigenvalue weighted by molar-refractivity contribution is 5.40. The van der Waals surface area contributed by atoms with Crippen molar-refractivity contribution in [3.63, 3.8) is 0 Å². The summed E-state index contributed by atoms with van der Waals surface area (Å²) in [6.07, 6.45) is 4.99. The van der Waals surface area contributed by atoms with E-state index in [9.17, 15) is 0 Å². The standard InChI is InChI=1S/C21H23N3O/c1-16-13-19(24-11-4-10-22-24)8-7-18(16)15-23-12-9-21(23)17-5-3-6-20(14-17)25-2/h3-8,10-11,13-14,21H,9,12,15H2,1-2H3/t21-/m0/s1. The first-order chi connectivity index (χ1) is 12.2. The largest absolute Gasteiger partial charge is 0.497 e. The number of aromatic nitrogens is 2. The molecule has 25 heavy (non-hydrogen) atoms. The van der Waals surface area contributed by atoms with E-state index < -0.39 is 0 Å². The van der Waals surface area contributed by atoms with Crippen molar-refractivity contribution in [2.24, 2.45) is 0 Å². The molecule has 3 aromatic rings. The Balaban J connectivity index is 1.50. The lowest BCUT2D eigenvalue weighted by Gasteiger charge is -2.41. The molecule has 1 aliphatic rings. The quantitative estimate of drug-likeness (QED) is 0.703. The molecule has 1 saturated heterocycles. The average Bonchev–Trinajstić information content (AvgIpc) is 3.14. The average molecular weight is 333 g/mol. The summed E-state index contributed by atoms with van der Waals surface area (Å²) in [6, 6.07) is 17.5. The normalized spacial score (nSPS) is 17.3. The predicted molar refractivity (Wildman–Crippen MR) is 99.1 cm³/mol. The molecule has 0 amide bonds. The maximum absolute atomic E-state index is 5.37. The Hall–Kier alpha value is -2.59. The Morgan fingerprint density at radius 3 is 2.76 bits per heavy atom. The van der Waals surface area contributed by atoms with Gasteiger partial charge in [-0.15, -0.1) is 0 Å². The summed E-state index contributed by atoms with van der Waals surface area (Å²) >= 11 is 0. The van der Waals surface area contributed by atoms with Crippen LogP contribution in [0.5, 0.6) is 5.75 Å². The van der Waals surface area contributed by atoms with Crippen LogP contribution in [0.2, 0.25) is 0 Å². The Bertz CT molecular complexity index is 857. The fourth-order valence-electron chi connectivity index (χ4n) is 3.50. The van der Waals surface area contributed by atoms with Gasteiger partial charge < -0.3 is 4.74 Å². The highest BCUT2D eigenvalue weighted by Gasteiger charge is 2.29. The molecular weight excluding hydrogens is 310 g/mol. The molecule has 0 radical (unpaired) electrons. The summed E-state index contributed by atoms with van der Waals surface area (Å²) in [7, 11) is 1.72. The maximum Gasteiger partial charge on any atom is 0.119 e. The summed E-state index contributed by atoms with van der Waals surface area (Å²) in [5, 5.41) is 4.31. The van der Waals surface area contributed by atoms with Gasteiger partial charge in [0.25, 0.3) is 0 Å². The zero-order valence-corrected chi connectivity index (χ0v) is 14.7. The van der Waals surface area contributed by atoms with Gasteiger partial charge in [-0.3, -0.25) is 4.90 Å². The Labute approximate surface area is 148 Å². The Morgan fingerprint density at radius 1 is 1.16 bits per heavy atom. The van der Waals surface area contributed by atoms with E-state index in [4.69, 9.17) is 4.74 Å². The van der Waals surface area contributed by atoms with Crippen LogP contribution in [0.15, 0.2) is 60.9 Å². The third-order valence-electron chi connectivity index (χ3n) is 5.08. The zero-order chi connectivity index (χ0) is 17.2. The van der Waals surface area contributed by atoms with Crippen molar-refractivity contribution < 1.29 is 4.74 Å². The molecule has 1 fully saturated rings. The first-order valence-corrected chi connectivity index (χ1v) is 8.72. The molecule has 4 rings (SSSR count). The van der Waals surface area contributed by atoms with Gasteiger partial charge in [0.2, 0.25) is 0 Å². The van der Waals surface area contributed by atoms with Crippen molar-refractivity contribution in [1.29, 1.82) is 0 Å². The number of hydrogen-bond donors (Lipinski definition) is 0. The molecule has 2 heterocycles. The van der Waals surface area contributed by atoms with Crippen LogP contribution >= 0.6 is 0 Å². The summed E-state index contributed by atoms with van der Waals surface area (Å²) in [4.78, 5) is 2.53. The molecule has 0 aliphatic carbocycles. The number of benzene rings is 2. The van der Waals surface area contributed by atoms with Gasteiger partial charge in [0.15, 0.2) is 0 Å². The van der Waals surface area contributed by atoms with Gasteiger partial charge in [-0.2, -0.15) is 5.10 Å². The van der Waals surface area contributed by atoms with Crippen LogP contribution in [-0.2, 0) is 6.54 Å². The van der Waals surface area contributed by atoms with E-state index in [1.807, 2.05) is 29.2 Å². The van der Waals surface area contributed by atoms with Gasteiger partial charge in [-0.25, -0.2) is 4.68 Å². The molecule has 0 bridgehead atoms. The van der Waals surface area contributed by atoms with Gasteiger partial charge in [-0.1, -0.05) is 18.2 Å². The highest BCUT2D eigenvalue weighted by atomic mass is 16.5. The highest BCUT2D eigenvalue weighted by Crippen LogP contribution is 2.36. The number of hydrogen-bond acceptors (Lipinski definition) is 3. The second-order valence-electron chi connectivity index (χ2n) is 6.61. The van der Waals surface area contributed by atoms with E-state index in [0.29, 0.717) is 6.04 Å². The van der Waals surface area contributed by atoms with Crippen LogP contribution in [-0.4, -0.2) is 28.3 Å². The van der Waals surface area contributed by atoms with Crippen LogP contribution in [0.4, 0.5) is 0 Å². The minimum atomic E-state index is 0.486. The molecule has 0 N–H and O–H groups in total. The molecule has 1 aromatic heterocycles. The van der Waals surface area contributed by atoms with Crippen molar-refractivity contribution in [2.45, 2.75) is 25.9 Å². The fourth-order valence-corrected chi connectivity index (χ4v) is 3.50. The van der Waals surface area contributed by atoms with Gasteiger partial charge in [-0.05, 0) is 60.4 Å². The maximum atomic E-state index is 5.37. The number of aryl methyl sites for hydroxylation is 1. The molecule has 0 saturated carbocycles. The van der Waals surface area contributed by atoms with Crippen LogP contribution in [0, 0.1) is 6.92 Å². The third kappa shape index (κ3) is 3.17. The summed E-state index contributed by atoms with van der Waals surface area (Å²) < 4.78 is 7.27. The first kappa shape index (κ1) is 15.9. The lowest BCUT2D eigenvalue weighted by Crippen LogP contribution is -2.40. The SMILES string of the molecule is COc1cccc([C@@H]2CCN2Cc2ccc(-n3cccn3)cc2C)c1. The molecule has 1 aliphatic heterocycles. The number of nitrogens with zero attached hydrogens (tertiary/aromatic N) is 3. The molecule has 2 aromatic carbocycles. The number of ether oxygens (including phenoxy) is 1. The van der Waals surface area contributed by atoms with E-state index in [0.717, 1.165) is 24.5 Å². The topological polar surface area (TPSA) is 30.3 Å². The molecule has 1 atom stereocenters. The molecule has 0 spiro atoms. The second-order valence-corrected chi connectivity index (χ2v) is 6.61. The molecule has 4 heteroatoms. The lowest BCUT2D eigenvalue weighted by molar-refractivity contribution is 0.0815.